The van der Waals surface area contributed by atoms with Crippen LogP contribution in [0.2, 0.25) is 0 Å². The Kier molecular flexibility index (Phi) is 5.37. The molecule has 150 valence electrons. The van der Waals surface area contributed by atoms with Gasteiger partial charge in [-0.3, -0.25) is 0 Å². The topological polar surface area (TPSA) is 68.6 Å². The first-order valence-corrected chi connectivity index (χ1v) is 9.52. The third-order valence-electron chi connectivity index (χ3n) is 5.21. The molecule has 2 heterocycles. The molecule has 0 saturated heterocycles. The fourth-order valence-electron chi connectivity index (χ4n) is 3.65. The number of fused-ring (bicyclic) bond motifs is 1. The Morgan fingerprint density at radius 2 is 1.90 bits per heavy atom. The molecule has 0 radical (unpaired) electrons. The summed E-state index contributed by atoms with van der Waals surface area (Å²) in [7, 11) is 3.25. The molecule has 4 rings (SSSR count). The van der Waals surface area contributed by atoms with E-state index in [0.717, 1.165) is 29.0 Å². The zero-order chi connectivity index (χ0) is 20.2. The minimum absolute atomic E-state index is 0.0779. The molecule has 7 heteroatoms. The van der Waals surface area contributed by atoms with E-state index in [9.17, 15) is 4.79 Å². The lowest BCUT2D eigenvalue weighted by Crippen LogP contribution is -2.42. The summed E-state index contributed by atoms with van der Waals surface area (Å²) in [5.41, 5.74) is 4.31. The van der Waals surface area contributed by atoms with Gasteiger partial charge in [0.2, 0.25) is 0 Å². The maximum absolute atomic E-state index is 12.8. The minimum Gasteiger partial charge on any atom is -0.493 e. The van der Waals surface area contributed by atoms with Gasteiger partial charge in [-0.1, -0.05) is 18.2 Å². The predicted molar refractivity (Wildman–Crippen MR) is 109 cm³/mol. The average molecular weight is 392 g/mol. The van der Waals surface area contributed by atoms with Crippen molar-refractivity contribution < 1.29 is 14.3 Å². The van der Waals surface area contributed by atoms with E-state index in [1.54, 1.807) is 26.7 Å². The van der Waals surface area contributed by atoms with Gasteiger partial charge in [0.15, 0.2) is 11.5 Å². The van der Waals surface area contributed by atoms with Gasteiger partial charge in [-0.15, -0.1) is 0 Å². The summed E-state index contributed by atoms with van der Waals surface area (Å²) >= 11 is 0. The molecular formula is C22H24N4O3. The SMILES string of the molecule is COc1cc2c(cc1OC)CN(C(=O)NCc1ccccc1-n1ccnc1)CC2. The van der Waals surface area contributed by atoms with Crippen LogP contribution in [-0.4, -0.2) is 41.2 Å². The smallest absolute Gasteiger partial charge is 0.317 e. The van der Waals surface area contributed by atoms with Crippen LogP contribution in [0.4, 0.5) is 4.79 Å². The summed E-state index contributed by atoms with van der Waals surface area (Å²) in [6, 6.07) is 11.9. The number of amides is 2. The van der Waals surface area contributed by atoms with Gasteiger partial charge in [-0.2, -0.15) is 0 Å². The molecule has 2 amide bonds. The van der Waals surface area contributed by atoms with E-state index in [1.807, 2.05) is 52.1 Å². The average Bonchev–Trinajstić information content (AvgIpc) is 3.31. The molecule has 0 saturated carbocycles. The molecule has 0 spiro atoms. The van der Waals surface area contributed by atoms with Crippen LogP contribution in [0, 0.1) is 0 Å². The number of urea groups is 1. The molecule has 0 unspecified atom stereocenters. The molecule has 0 aliphatic carbocycles. The number of rotatable bonds is 5. The summed E-state index contributed by atoms with van der Waals surface area (Å²) in [5.74, 6) is 1.41. The van der Waals surface area contributed by atoms with Crippen LogP contribution in [0.25, 0.3) is 5.69 Å². The lowest BCUT2D eigenvalue weighted by atomic mass is 9.99. The normalized spacial score (nSPS) is 13.0. The zero-order valence-corrected chi connectivity index (χ0v) is 16.6. The number of methoxy groups -OCH3 is 2. The Morgan fingerprint density at radius 3 is 2.62 bits per heavy atom. The highest BCUT2D eigenvalue weighted by Crippen LogP contribution is 2.33. The van der Waals surface area contributed by atoms with Crippen molar-refractivity contribution >= 4 is 6.03 Å². The Labute approximate surface area is 169 Å². The largest absolute Gasteiger partial charge is 0.493 e. The molecule has 1 aliphatic rings. The molecule has 7 nitrogen and oxygen atoms in total. The van der Waals surface area contributed by atoms with Crippen LogP contribution in [0.1, 0.15) is 16.7 Å². The zero-order valence-electron chi connectivity index (χ0n) is 16.6. The highest BCUT2D eigenvalue weighted by Gasteiger charge is 2.23. The van der Waals surface area contributed by atoms with Crippen molar-refractivity contribution in [3.05, 3.63) is 71.8 Å². The Bertz CT molecular complexity index is 1000. The summed E-state index contributed by atoms with van der Waals surface area (Å²) in [6.07, 6.45) is 6.17. The summed E-state index contributed by atoms with van der Waals surface area (Å²) in [6.45, 7) is 1.66. The van der Waals surface area contributed by atoms with E-state index in [-0.39, 0.29) is 6.03 Å². The van der Waals surface area contributed by atoms with Crippen LogP contribution in [0.5, 0.6) is 11.5 Å². The van der Waals surface area contributed by atoms with E-state index >= 15 is 0 Å². The fourth-order valence-corrected chi connectivity index (χ4v) is 3.65. The Balaban J connectivity index is 1.45. The third-order valence-corrected chi connectivity index (χ3v) is 5.21. The van der Waals surface area contributed by atoms with Crippen molar-refractivity contribution in [1.29, 1.82) is 0 Å². The van der Waals surface area contributed by atoms with Gasteiger partial charge < -0.3 is 24.3 Å². The van der Waals surface area contributed by atoms with Crippen molar-refractivity contribution in [2.75, 3.05) is 20.8 Å². The molecular weight excluding hydrogens is 368 g/mol. The minimum atomic E-state index is -0.0779. The van der Waals surface area contributed by atoms with Crippen LogP contribution in [0.15, 0.2) is 55.1 Å². The molecule has 0 bridgehead atoms. The number of carbonyl (C=O) groups excluding carboxylic acids is 1. The fraction of sp³-hybridized carbons (Fsp3) is 0.273. The third kappa shape index (κ3) is 3.89. The molecule has 0 fully saturated rings. The highest BCUT2D eigenvalue weighted by molar-refractivity contribution is 5.75. The van der Waals surface area contributed by atoms with Crippen molar-refractivity contribution in [2.45, 2.75) is 19.5 Å². The summed E-state index contributed by atoms with van der Waals surface area (Å²) < 4.78 is 12.7. The second-order valence-corrected chi connectivity index (χ2v) is 6.90. The van der Waals surface area contributed by atoms with Crippen molar-refractivity contribution in [3.63, 3.8) is 0 Å². The van der Waals surface area contributed by atoms with Crippen LogP contribution >= 0.6 is 0 Å². The summed E-state index contributed by atoms with van der Waals surface area (Å²) in [4.78, 5) is 18.7. The number of benzene rings is 2. The van der Waals surface area contributed by atoms with Gasteiger partial charge >= 0.3 is 6.03 Å². The van der Waals surface area contributed by atoms with Gasteiger partial charge in [0, 0.05) is 32.0 Å². The molecule has 1 aromatic heterocycles. The molecule has 0 atom stereocenters. The molecule has 3 aromatic rings. The van der Waals surface area contributed by atoms with E-state index < -0.39 is 0 Å². The van der Waals surface area contributed by atoms with Crippen LogP contribution in [0.3, 0.4) is 0 Å². The van der Waals surface area contributed by atoms with Crippen molar-refractivity contribution in [1.82, 2.24) is 19.8 Å². The molecule has 2 aromatic carbocycles. The Hall–Kier alpha value is -3.48. The standard InChI is InChI=1S/C22H24N4O3/c1-28-20-11-16-7-9-25(14-18(16)12-21(20)29-2)22(27)24-13-17-5-3-4-6-19(17)26-10-8-23-15-26/h3-6,8,10-12,15H,7,9,13-14H2,1-2H3,(H,24,27). The van der Waals surface area contributed by atoms with Gasteiger partial charge in [0.1, 0.15) is 0 Å². The van der Waals surface area contributed by atoms with Gasteiger partial charge in [0.25, 0.3) is 0 Å². The molecule has 29 heavy (non-hydrogen) atoms. The number of hydrogen-bond acceptors (Lipinski definition) is 4. The van der Waals surface area contributed by atoms with Crippen LogP contribution < -0.4 is 14.8 Å². The number of nitrogens with zero attached hydrogens (tertiary/aromatic N) is 3. The lowest BCUT2D eigenvalue weighted by molar-refractivity contribution is 0.191. The second kappa shape index (κ2) is 8.26. The van der Waals surface area contributed by atoms with E-state index in [4.69, 9.17) is 9.47 Å². The van der Waals surface area contributed by atoms with Crippen molar-refractivity contribution in [2.24, 2.45) is 0 Å². The first kappa shape index (κ1) is 18.9. The maximum Gasteiger partial charge on any atom is 0.317 e. The molecule has 1 N–H and O–H groups in total. The lowest BCUT2D eigenvalue weighted by Gasteiger charge is -2.30. The van der Waals surface area contributed by atoms with Crippen molar-refractivity contribution in [3.8, 4) is 17.2 Å². The number of hydrogen-bond donors (Lipinski definition) is 1. The monoisotopic (exact) mass is 392 g/mol. The number of imidazole rings is 1. The van der Waals surface area contributed by atoms with E-state index in [0.29, 0.717) is 25.4 Å². The van der Waals surface area contributed by atoms with Gasteiger partial charge in [0.05, 0.1) is 26.2 Å². The predicted octanol–water partition coefficient (Wildman–Crippen LogP) is 3.16. The van der Waals surface area contributed by atoms with E-state index in [2.05, 4.69) is 10.3 Å². The maximum atomic E-state index is 12.8. The van der Waals surface area contributed by atoms with Crippen LogP contribution in [-0.2, 0) is 19.5 Å². The van der Waals surface area contributed by atoms with E-state index in [1.165, 1.54) is 5.56 Å². The second-order valence-electron chi connectivity index (χ2n) is 6.90. The highest BCUT2D eigenvalue weighted by atomic mass is 16.5. The van der Waals surface area contributed by atoms with Gasteiger partial charge in [-0.05, 0) is 41.3 Å². The number of aromatic nitrogens is 2. The number of ether oxygens (including phenoxy) is 2. The Morgan fingerprint density at radius 1 is 1.14 bits per heavy atom. The summed E-state index contributed by atoms with van der Waals surface area (Å²) in [5, 5.41) is 3.05. The number of nitrogens with one attached hydrogen (secondary N) is 1. The number of para-hydroxylation sites is 1. The quantitative estimate of drug-likeness (QED) is 0.724. The first-order valence-electron chi connectivity index (χ1n) is 9.52. The molecule has 1 aliphatic heterocycles. The van der Waals surface area contributed by atoms with Gasteiger partial charge in [-0.25, -0.2) is 9.78 Å². The number of carbonyl (C=O) groups is 1. The first-order chi connectivity index (χ1) is 14.2.